The quantitative estimate of drug-likeness (QED) is 0.876. The van der Waals surface area contributed by atoms with Crippen LogP contribution in [-0.2, 0) is 0 Å². The molecule has 17 heavy (non-hydrogen) atoms. The van der Waals surface area contributed by atoms with E-state index in [2.05, 4.69) is 48.0 Å². The molecule has 0 radical (unpaired) electrons. The fourth-order valence-corrected chi connectivity index (χ4v) is 1.93. The number of nitrogen functional groups attached to an aromatic ring is 1. The number of nitrogens with zero attached hydrogens (tertiary/aromatic N) is 2. The molecule has 1 aromatic carbocycles. The zero-order valence-electron chi connectivity index (χ0n) is 10.2. The summed E-state index contributed by atoms with van der Waals surface area (Å²) >= 11 is 0. The number of anilines is 3. The highest BCUT2D eigenvalue weighted by Crippen LogP contribution is 2.28. The molecular weight excluding hydrogens is 210 g/mol. The largest absolute Gasteiger partial charge is 0.382 e. The molecule has 0 bridgehead atoms. The molecule has 2 N–H and O–H groups in total. The van der Waals surface area contributed by atoms with Crippen molar-refractivity contribution < 1.29 is 0 Å². The summed E-state index contributed by atoms with van der Waals surface area (Å²) in [6.45, 7) is 5.05. The number of aromatic nitrogens is 1. The van der Waals surface area contributed by atoms with E-state index in [1.54, 1.807) is 6.20 Å². The van der Waals surface area contributed by atoms with E-state index in [0.29, 0.717) is 5.82 Å². The Hall–Kier alpha value is -2.03. The highest BCUT2D eigenvalue weighted by molar-refractivity contribution is 5.72. The lowest BCUT2D eigenvalue weighted by atomic mass is 10.2. The molecule has 0 aliphatic carbocycles. The monoisotopic (exact) mass is 227 g/mol. The molecule has 2 aromatic rings. The van der Waals surface area contributed by atoms with Crippen LogP contribution in [0.4, 0.5) is 17.2 Å². The van der Waals surface area contributed by atoms with Gasteiger partial charge in [0, 0.05) is 18.4 Å². The van der Waals surface area contributed by atoms with Crippen LogP contribution in [0.5, 0.6) is 0 Å². The first-order chi connectivity index (χ1) is 8.22. The highest BCUT2D eigenvalue weighted by atomic mass is 15.1. The lowest BCUT2D eigenvalue weighted by molar-refractivity contribution is 1.02. The summed E-state index contributed by atoms with van der Waals surface area (Å²) in [7, 11) is 0. The summed E-state index contributed by atoms with van der Waals surface area (Å²) < 4.78 is 0. The Morgan fingerprint density at radius 1 is 1.24 bits per heavy atom. The van der Waals surface area contributed by atoms with Crippen LogP contribution in [0.15, 0.2) is 42.6 Å². The minimum atomic E-state index is 0.566. The molecule has 0 aliphatic heterocycles. The SMILES string of the molecule is CCN(c1cccc(C)c1)c1cccnc1N. The van der Waals surface area contributed by atoms with E-state index in [4.69, 9.17) is 5.73 Å². The van der Waals surface area contributed by atoms with Crippen LogP contribution >= 0.6 is 0 Å². The topological polar surface area (TPSA) is 42.2 Å². The van der Waals surface area contributed by atoms with Crippen molar-refractivity contribution in [3.63, 3.8) is 0 Å². The standard InChI is InChI=1S/C14H17N3/c1-3-17(12-7-4-6-11(2)10-12)13-8-5-9-16-14(13)15/h4-10H,3H2,1-2H3,(H2,15,16). The summed E-state index contributed by atoms with van der Waals surface area (Å²) in [4.78, 5) is 6.29. The summed E-state index contributed by atoms with van der Waals surface area (Å²) in [5.41, 5.74) is 9.26. The number of hydrogen-bond donors (Lipinski definition) is 1. The lowest BCUT2D eigenvalue weighted by Crippen LogP contribution is -2.17. The Morgan fingerprint density at radius 3 is 2.71 bits per heavy atom. The molecule has 88 valence electrons. The fourth-order valence-electron chi connectivity index (χ4n) is 1.93. The third-order valence-electron chi connectivity index (χ3n) is 2.74. The van der Waals surface area contributed by atoms with Crippen LogP contribution in [0.3, 0.4) is 0 Å². The number of nitrogens with two attached hydrogens (primary N) is 1. The molecule has 1 heterocycles. The van der Waals surface area contributed by atoms with Gasteiger partial charge in [0.15, 0.2) is 0 Å². The summed E-state index contributed by atoms with van der Waals surface area (Å²) in [5, 5.41) is 0. The molecule has 0 amide bonds. The van der Waals surface area contributed by atoms with Crippen molar-refractivity contribution in [1.29, 1.82) is 0 Å². The second-order valence-corrected chi connectivity index (χ2v) is 3.99. The van der Waals surface area contributed by atoms with E-state index in [1.807, 2.05) is 12.1 Å². The summed E-state index contributed by atoms with van der Waals surface area (Å²) in [5.74, 6) is 0.566. The van der Waals surface area contributed by atoms with Crippen molar-refractivity contribution in [3.05, 3.63) is 48.2 Å². The average Bonchev–Trinajstić information content (AvgIpc) is 2.33. The van der Waals surface area contributed by atoms with E-state index < -0.39 is 0 Å². The Labute approximate surface area is 102 Å². The van der Waals surface area contributed by atoms with Crippen LogP contribution < -0.4 is 10.6 Å². The third kappa shape index (κ3) is 2.38. The molecule has 1 aromatic heterocycles. The van der Waals surface area contributed by atoms with E-state index in [0.717, 1.165) is 17.9 Å². The highest BCUT2D eigenvalue weighted by Gasteiger charge is 2.10. The number of pyridine rings is 1. The molecule has 0 saturated heterocycles. The first-order valence-corrected chi connectivity index (χ1v) is 5.77. The van der Waals surface area contributed by atoms with Crippen molar-refractivity contribution in [2.75, 3.05) is 17.2 Å². The Morgan fingerprint density at radius 2 is 2.06 bits per heavy atom. The fraction of sp³-hybridized carbons (Fsp3) is 0.214. The van der Waals surface area contributed by atoms with Crippen molar-refractivity contribution in [3.8, 4) is 0 Å². The van der Waals surface area contributed by atoms with Gasteiger partial charge >= 0.3 is 0 Å². The van der Waals surface area contributed by atoms with E-state index in [-0.39, 0.29) is 0 Å². The summed E-state index contributed by atoms with van der Waals surface area (Å²) in [6, 6.07) is 12.3. The smallest absolute Gasteiger partial charge is 0.147 e. The van der Waals surface area contributed by atoms with Crippen LogP contribution in [0.25, 0.3) is 0 Å². The second-order valence-electron chi connectivity index (χ2n) is 3.99. The van der Waals surface area contributed by atoms with Gasteiger partial charge in [0.2, 0.25) is 0 Å². The molecule has 0 spiro atoms. The second kappa shape index (κ2) is 4.87. The van der Waals surface area contributed by atoms with Crippen LogP contribution in [-0.4, -0.2) is 11.5 Å². The zero-order chi connectivity index (χ0) is 12.3. The van der Waals surface area contributed by atoms with Gasteiger partial charge in [-0.1, -0.05) is 12.1 Å². The lowest BCUT2D eigenvalue weighted by Gasteiger charge is -2.24. The van der Waals surface area contributed by atoms with Crippen LogP contribution in [0.1, 0.15) is 12.5 Å². The predicted octanol–water partition coefficient (Wildman–Crippen LogP) is 3.13. The predicted molar refractivity (Wildman–Crippen MR) is 72.5 cm³/mol. The number of aryl methyl sites for hydroxylation is 1. The number of benzene rings is 1. The Kier molecular flexibility index (Phi) is 3.28. The maximum atomic E-state index is 5.92. The normalized spacial score (nSPS) is 10.2. The van der Waals surface area contributed by atoms with Gasteiger partial charge in [0.05, 0.1) is 5.69 Å². The number of rotatable bonds is 3. The van der Waals surface area contributed by atoms with E-state index >= 15 is 0 Å². The van der Waals surface area contributed by atoms with Gasteiger partial charge in [0.1, 0.15) is 5.82 Å². The van der Waals surface area contributed by atoms with Gasteiger partial charge in [-0.3, -0.25) is 0 Å². The van der Waals surface area contributed by atoms with Crippen LogP contribution in [0.2, 0.25) is 0 Å². The minimum Gasteiger partial charge on any atom is -0.382 e. The molecule has 0 fully saturated rings. The molecule has 0 unspecified atom stereocenters. The summed E-state index contributed by atoms with van der Waals surface area (Å²) in [6.07, 6.45) is 1.71. The van der Waals surface area contributed by atoms with Crippen molar-refractivity contribution in [2.45, 2.75) is 13.8 Å². The molecule has 2 rings (SSSR count). The van der Waals surface area contributed by atoms with Gasteiger partial charge in [0.25, 0.3) is 0 Å². The Balaban J connectivity index is 2.44. The maximum absolute atomic E-state index is 5.92. The average molecular weight is 227 g/mol. The molecular formula is C14H17N3. The first-order valence-electron chi connectivity index (χ1n) is 5.77. The van der Waals surface area contributed by atoms with Gasteiger partial charge in [-0.05, 0) is 43.7 Å². The van der Waals surface area contributed by atoms with E-state index in [9.17, 15) is 0 Å². The molecule has 3 heteroatoms. The molecule has 0 atom stereocenters. The number of hydrogen-bond acceptors (Lipinski definition) is 3. The van der Waals surface area contributed by atoms with Crippen molar-refractivity contribution in [2.24, 2.45) is 0 Å². The Bertz CT molecular complexity index is 508. The third-order valence-corrected chi connectivity index (χ3v) is 2.74. The minimum absolute atomic E-state index is 0.566. The van der Waals surface area contributed by atoms with E-state index in [1.165, 1.54) is 5.56 Å². The van der Waals surface area contributed by atoms with Gasteiger partial charge in [-0.2, -0.15) is 0 Å². The van der Waals surface area contributed by atoms with Crippen LogP contribution in [0, 0.1) is 6.92 Å². The van der Waals surface area contributed by atoms with Crippen molar-refractivity contribution in [1.82, 2.24) is 4.98 Å². The molecule has 3 nitrogen and oxygen atoms in total. The van der Waals surface area contributed by atoms with Crippen molar-refractivity contribution >= 4 is 17.2 Å². The van der Waals surface area contributed by atoms with Gasteiger partial charge < -0.3 is 10.6 Å². The maximum Gasteiger partial charge on any atom is 0.147 e. The van der Waals surface area contributed by atoms with Gasteiger partial charge in [-0.15, -0.1) is 0 Å². The first kappa shape index (κ1) is 11.5. The molecule has 0 saturated carbocycles. The molecule has 0 aliphatic rings. The van der Waals surface area contributed by atoms with Gasteiger partial charge in [-0.25, -0.2) is 4.98 Å². The zero-order valence-corrected chi connectivity index (χ0v) is 10.2.